The van der Waals surface area contributed by atoms with E-state index in [2.05, 4.69) is 20.0 Å². The third kappa shape index (κ3) is 3.49. The Morgan fingerprint density at radius 3 is 2.95 bits per heavy atom. The van der Waals surface area contributed by atoms with Crippen molar-refractivity contribution in [1.29, 1.82) is 0 Å². The van der Waals surface area contributed by atoms with E-state index >= 15 is 0 Å². The van der Waals surface area contributed by atoms with Crippen molar-refractivity contribution in [3.8, 4) is 0 Å². The Balaban J connectivity index is 2.19. The molecule has 2 heterocycles. The van der Waals surface area contributed by atoms with E-state index in [4.69, 9.17) is 0 Å². The molecule has 2 aromatic rings. The lowest BCUT2D eigenvalue weighted by atomic mass is 10.4. The van der Waals surface area contributed by atoms with Gasteiger partial charge in [-0.15, -0.1) is 11.3 Å². The summed E-state index contributed by atoms with van der Waals surface area (Å²) < 4.78 is 27.0. The van der Waals surface area contributed by atoms with Crippen LogP contribution in [0.25, 0.3) is 0 Å². The first-order valence-electron chi connectivity index (χ1n) is 5.69. The molecule has 102 valence electrons. The van der Waals surface area contributed by atoms with E-state index in [0.717, 1.165) is 4.88 Å². The van der Waals surface area contributed by atoms with E-state index < -0.39 is 10.0 Å². The van der Waals surface area contributed by atoms with E-state index in [9.17, 15) is 8.42 Å². The van der Waals surface area contributed by atoms with Gasteiger partial charge in [0.2, 0.25) is 10.0 Å². The number of rotatable bonds is 6. The predicted molar refractivity (Wildman–Crippen MR) is 74.5 cm³/mol. The van der Waals surface area contributed by atoms with Crippen LogP contribution in [0, 0.1) is 0 Å². The summed E-state index contributed by atoms with van der Waals surface area (Å²) in [4.78, 5) is 8.95. The van der Waals surface area contributed by atoms with Crippen molar-refractivity contribution in [2.75, 3.05) is 11.9 Å². The Bertz CT molecular complexity index is 626. The fourth-order valence-electron chi connectivity index (χ4n) is 1.48. The highest BCUT2D eigenvalue weighted by atomic mass is 32.2. The molecule has 6 nitrogen and oxygen atoms in total. The summed E-state index contributed by atoms with van der Waals surface area (Å²) in [5, 5.41) is 2.94. The predicted octanol–water partition coefficient (Wildman–Crippen LogP) is 1.45. The zero-order chi connectivity index (χ0) is 13.7. The van der Waals surface area contributed by atoms with Crippen LogP contribution in [0.4, 0.5) is 5.82 Å². The number of hydrogen-bond acceptors (Lipinski definition) is 6. The topological polar surface area (TPSA) is 84.0 Å². The molecule has 0 saturated heterocycles. The quantitative estimate of drug-likeness (QED) is 0.843. The molecule has 19 heavy (non-hydrogen) atoms. The maximum Gasteiger partial charge on any atom is 0.244 e. The van der Waals surface area contributed by atoms with Crippen LogP contribution in [0.1, 0.15) is 11.8 Å². The average molecular weight is 298 g/mol. The van der Waals surface area contributed by atoms with Crippen molar-refractivity contribution in [3.05, 3.63) is 34.9 Å². The molecule has 0 atom stereocenters. The lowest BCUT2D eigenvalue weighted by Crippen LogP contribution is -2.24. The van der Waals surface area contributed by atoms with E-state index in [1.54, 1.807) is 24.0 Å². The van der Waals surface area contributed by atoms with Crippen molar-refractivity contribution in [2.24, 2.45) is 0 Å². The SMILES string of the molecule is CCNc1ncccc1S(=O)(=O)NCc1cncs1. The summed E-state index contributed by atoms with van der Waals surface area (Å²) in [5.74, 6) is 0.363. The van der Waals surface area contributed by atoms with Gasteiger partial charge in [-0.3, -0.25) is 4.98 Å². The molecule has 0 aliphatic carbocycles. The molecule has 0 aliphatic heterocycles. The fourth-order valence-corrected chi connectivity index (χ4v) is 3.24. The Hall–Kier alpha value is -1.51. The molecular formula is C11H14N4O2S2. The molecule has 2 rings (SSSR count). The van der Waals surface area contributed by atoms with Gasteiger partial charge in [0.25, 0.3) is 0 Å². The minimum absolute atomic E-state index is 0.154. The molecule has 8 heteroatoms. The average Bonchev–Trinajstić information content (AvgIpc) is 2.91. The Morgan fingerprint density at radius 1 is 1.42 bits per heavy atom. The molecule has 0 spiro atoms. The number of nitrogens with one attached hydrogen (secondary N) is 2. The molecule has 0 unspecified atom stereocenters. The van der Waals surface area contributed by atoms with Gasteiger partial charge in [0.1, 0.15) is 10.7 Å². The van der Waals surface area contributed by atoms with Crippen molar-refractivity contribution >= 4 is 27.2 Å². The van der Waals surface area contributed by atoms with Crippen molar-refractivity contribution < 1.29 is 8.42 Å². The third-order valence-electron chi connectivity index (χ3n) is 2.32. The van der Waals surface area contributed by atoms with Crippen LogP contribution in [0.2, 0.25) is 0 Å². The number of aromatic nitrogens is 2. The highest BCUT2D eigenvalue weighted by molar-refractivity contribution is 7.89. The normalized spacial score (nSPS) is 11.4. The monoisotopic (exact) mass is 298 g/mol. The van der Waals surface area contributed by atoms with Gasteiger partial charge in [0.05, 0.1) is 5.51 Å². The second-order valence-corrected chi connectivity index (χ2v) is 6.38. The van der Waals surface area contributed by atoms with Gasteiger partial charge in [-0.2, -0.15) is 0 Å². The Kier molecular flexibility index (Phi) is 4.46. The fraction of sp³-hybridized carbons (Fsp3) is 0.273. The first-order valence-corrected chi connectivity index (χ1v) is 8.05. The molecule has 2 N–H and O–H groups in total. The van der Waals surface area contributed by atoms with E-state index in [1.165, 1.54) is 17.4 Å². The first kappa shape index (κ1) is 13.9. The third-order valence-corrected chi connectivity index (χ3v) is 4.54. The molecule has 0 amide bonds. The van der Waals surface area contributed by atoms with Crippen LogP contribution in [0.5, 0.6) is 0 Å². The second-order valence-electron chi connectivity index (χ2n) is 3.67. The molecular weight excluding hydrogens is 284 g/mol. The minimum atomic E-state index is -3.59. The lowest BCUT2D eigenvalue weighted by molar-refractivity contribution is 0.581. The van der Waals surface area contributed by atoms with Crippen molar-refractivity contribution in [3.63, 3.8) is 0 Å². The summed E-state index contributed by atoms with van der Waals surface area (Å²) in [6.45, 7) is 2.72. The number of anilines is 1. The lowest BCUT2D eigenvalue weighted by Gasteiger charge is -2.10. The highest BCUT2D eigenvalue weighted by Gasteiger charge is 2.18. The van der Waals surface area contributed by atoms with Gasteiger partial charge in [-0.05, 0) is 19.1 Å². The number of sulfonamides is 1. The summed E-state index contributed by atoms with van der Waals surface area (Å²) in [5.41, 5.74) is 1.66. The second kappa shape index (κ2) is 6.09. The number of thiazole rings is 1. The molecule has 0 fully saturated rings. The van der Waals surface area contributed by atoms with Crippen LogP contribution in [0.15, 0.2) is 34.9 Å². The van der Waals surface area contributed by atoms with Gasteiger partial charge < -0.3 is 5.32 Å². The molecule has 0 aliphatic rings. The van der Waals surface area contributed by atoms with Crippen LogP contribution in [-0.2, 0) is 16.6 Å². The van der Waals surface area contributed by atoms with Gasteiger partial charge in [0.15, 0.2) is 0 Å². The number of pyridine rings is 1. The Labute approximate surface area is 116 Å². The van der Waals surface area contributed by atoms with Crippen LogP contribution < -0.4 is 10.0 Å². The largest absolute Gasteiger partial charge is 0.369 e. The summed E-state index contributed by atoms with van der Waals surface area (Å²) in [7, 11) is -3.59. The van der Waals surface area contributed by atoms with Gasteiger partial charge in [-0.1, -0.05) is 0 Å². The molecule has 2 aromatic heterocycles. The zero-order valence-corrected chi connectivity index (χ0v) is 12.0. The van der Waals surface area contributed by atoms with Crippen LogP contribution in [0.3, 0.4) is 0 Å². The van der Waals surface area contributed by atoms with Gasteiger partial charge in [-0.25, -0.2) is 18.1 Å². The summed E-state index contributed by atoms with van der Waals surface area (Å²) >= 11 is 1.40. The molecule has 0 saturated carbocycles. The van der Waals surface area contributed by atoms with Crippen molar-refractivity contribution in [1.82, 2.24) is 14.7 Å². The smallest absolute Gasteiger partial charge is 0.244 e. The standard InChI is InChI=1S/C11H14N4O2S2/c1-2-13-11-10(4-3-5-14-11)19(16,17)15-7-9-6-12-8-18-9/h3-6,8,15H,2,7H2,1H3,(H,13,14). The molecule has 0 aromatic carbocycles. The maximum absolute atomic E-state index is 12.2. The van der Waals surface area contributed by atoms with Crippen LogP contribution >= 0.6 is 11.3 Å². The van der Waals surface area contributed by atoms with E-state index in [0.29, 0.717) is 12.4 Å². The van der Waals surface area contributed by atoms with Gasteiger partial charge in [0, 0.05) is 30.4 Å². The van der Waals surface area contributed by atoms with Crippen molar-refractivity contribution in [2.45, 2.75) is 18.4 Å². The van der Waals surface area contributed by atoms with Crippen LogP contribution in [-0.4, -0.2) is 24.9 Å². The van der Waals surface area contributed by atoms with E-state index in [1.807, 2.05) is 6.92 Å². The number of hydrogen-bond donors (Lipinski definition) is 2. The van der Waals surface area contributed by atoms with Gasteiger partial charge >= 0.3 is 0 Å². The molecule has 0 radical (unpaired) electrons. The minimum Gasteiger partial charge on any atom is -0.369 e. The zero-order valence-electron chi connectivity index (χ0n) is 10.3. The summed E-state index contributed by atoms with van der Waals surface area (Å²) in [6.07, 6.45) is 3.20. The Morgan fingerprint density at radius 2 is 2.26 bits per heavy atom. The number of nitrogens with zero attached hydrogens (tertiary/aromatic N) is 2. The summed E-state index contributed by atoms with van der Waals surface area (Å²) in [6, 6.07) is 3.13. The molecule has 0 bridgehead atoms. The van der Waals surface area contributed by atoms with E-state index in [-0.39, 0.29) is 11.4 Å². The first-order chi connectivity index (χ1) is 9.13. The maximum atomic E-state index is 12.2. The highest BCUT2D eigenvalue weighted by Crippen LogP contribution is 2.18.